The van der Waals surface area contributed by atoms with Crippen molar-refractivity contribution in [3.8, 4) is 0 Å². The van der Waals surface area contributed by atoms with E-state index in [1.807, 2.05) is 12.1 Å². The molecule has 1 aromatic carbocycles. The quantitative estimate of drug-likeness (QED) is 0.727. The van der Waals surface area contributed by atoms with Crippen LogP contribution in [0.2, 0.25) is 0 Å². The molecule has 5 heteroatoms. The van der Waals surface area contributed by atoms with E-state index in [1.165, 1.54) is 0 Å². The maximum Gasteiger partial charge on any atom is 0.288 e. The lowest BCUT2D eigenvalue weighted by atomic mass is 10.3. The molecule has 1 rings (SSSR count). The highest BCUT2D eigenvalue weighted by molar-refractivity contribution is 7.99. The predicted octanol–water partition coefficient (Wildman–Crippen LogP) is 3.76. The summed E-state index contributed by atoms with van der Waals surface area (Å²) in [5.41, 5.74) is 0.787. The molecule has 0 bridgehead atoms. The summed E-state index contributed by atoms with van der Waals surface area (Å²) in [7, 11) is 0. The van der Waals surface area contributed by atoms with Gasteiger partial charge in [-0.15, -0.1) is 0 Å². The van der Waals surface area contributed by atoms with Crippen LogP contribution in [0.1, 0.15) is 13.8 Å². The first-order valence-electron chi connectivity index (χ1n) is 6.17. The van der Waals surface area contributed by atoms with Gasteiger partial charge in [0.15, 0.2) is 0 Å². The fourth-order valence-electron chi connectivity index (χ4n) is 1.70. The first-order chi connectivity index (χ1) is 8.67. The zero-order valence-electron chi connectivity index (χ0n) is 10.8. The van der Waals surface area contributed by atoms with Crippen molar-refractivity contribution >= 4 is 17.4 Å². The molecule has 0 heterocycles. The number of para-hydroxylation sites is 1. The highest BCUT2D eigenvalue weighted by atomic mass is 32.2. The van der Waals surface area contributed by atoms with Crippen molar-refractivity contribution in [2.45, 2.75) is 24.5 Å². The molecule has 102 valence electrons. The zero-order valence-corrected chi connectivity index (χ0v) is 11.6. The van der Waals surface area contributed by atoms with Crippen LogP contribution in [0.15, 0.2) is 29.2 Å². The minimum atomic E-state index is -2.38. The third-order valence-electron chi connectivity index (χ3n) is 2.74. The first kappa shape index (κ1) is 15.2. The number of halogens is 2. The first-order valence-corrected chi connectivity index (χ1v) is 7.05. The second-order valence-electron chi connectivity index (χ2n) is 3.83. The van der Waals surface area contributed by atoms with Crippen molar-refractivity contribution in [2.24, 2.45) is 0 Å². The Bertz CT molecular complexity index is 344. The maximum absolute atomic E-state index is 12.4. The monoisotopic (exact) mass is 274 g/mol. The van der Waals surface area contributed by atoms with Gasteiger partial charge >= 0.3 is 0 Å². The Morgan fingerprint density at radius 1 is 1.22 bits per heavy atom. The average molecular weight is 274 g/mol. The molecule has 0 saturated heterocycles. The molecule has 0 radical (unpaired) electrons. The predicted molar refractivity (Wildman–Crippen MR) is 74.6 cm³/mol. The Kier molecular flexibility index (Phi) is 7.05. The van der Waals surface area contributed by atoms with Gasteiger partial charge in [-0.1, -0.05) is 37.7 Å². The second-order valence-corrected chi connectivity index (χ2v) is 4.86. The summed E-state index contributed by atoms with van der Waals surface area (Å²) in [6.07, 6.45) is 0. The van der Waals surface area contributed by atoms with Crippen molar-refractivity contribution in [1.82, 2.24) is 4.90 Å². The number of nitrogens with one attached hydrogen (secondary N) is 1. The molecule has 0 aliphatic heterocycles. The van der Waals surface area contributed by atoms with Crippen molar-refractivity contribution in [2.75, 3.05) is 31.5 Å². The fraction of sp³-hybridized carbons (Fsp3) is 0.538. The Balaban J connectivity index is 2.50. The van der Waals surface area contributed by atoms with Crippen LogP contribution in [0, 0.1) is 0 Å². The zero-order chi connectivity index (χ0) is 13.4. The maximum atomic E-state index is 12.4. The molecule has 0 fully saturated rings. The van der Waals surface area contributed by atoms with Gasteiger partial charge < -0.3 is 10.2 Å². The van der Waals surface area contributed by atoms with Crippen LogP contribution < -0.4 is 5.32 Å². The van der Waals surface area contributed by atoms with Gasteiger partial charge in [0, 0.05) is 23.7 Å². The van der Waals surface area contributed by atoms with E-state index in [4.69, 9.17) is 0 Å². The molecule has 0 atom stereocenters. The summed E-state index contributed by atoms with van der Waals surface area (Å²) in [6, 6.07) is 7.19. The normalized spacial score (nSPS) is 11.2. The highest BCUT2D eigenvalue weighted by Crippen LogP contribution is 2.31. The van der Waals surface area contributed by atoms with Gasteiger partial charge in [0.1, 0.15) is 0 Å². The molecule has 0 aliphatic carbocycles. The Hall–Kier alpha value is -0.810. The van der Waals surface area contributed by atoms with Gasteiger partial charge in [-0.05, 0) is 25.2 Å². The van der Waals surface area contributed by atoms with Gasteiger partial charge in [0.05, 0.1) is 0 Å². The number of benzene rings is 1. The van der Waals surface area contributed by atoms with E-state index in [2.05, 4.69) is 24.1 Å². The number of rotatable bonds is 8. The van der Waals surface area contributed by atoms with E-state index in [0.717, 1.165) is 31.9 Å². The van der Waals surface area contributed by atoms with Crippen LogP contribution in [0.25, 0.3) is 0 Å². The molecular weight excluding hydrogens is 254 g/mol. The second kappa shape index (κ2) is 8.32. The standard InChI is InChI=1S/C13H20F2N2S/c1-3-17(4-2)10-9-16-11-7-5-6-8-12(11)18-13(14)15/h5-8,13,16H,3-4,9-10H2,1-2H3. The molecule has 0 unspecified atom stereocenters. The number of alkyl halides is 2. The molecule has 2 nitrogen and oxygen atoms in total. The average Bonchev–Trinajstić information content (AvgIpc) is 2.36. The van der Waals surface area contributed by atoms with Gasteiger partial charge in [0.2, 0.25) is 0 Å². The van der Waals surface area contributed by atoms with Gasteiger partial charge in [-0.3, -0.25) is 0 Å². The minimum Gasteiger partial charge on any atom is -0.383 e. The van der Waals surface area contributed by atoms with Crippen LogP contribution >= 0.6 is 11.8 Å². The minimum absolute atomic E-state index is 0.586. The number of nitrogens with zero attached hydrogens (tertiary/aromatic N) is 1. The van der Waals surface area contributed by atoms with Crippen molar-refractivity contribution < 1.29 is 8.78 Å². The topological polar surface area (TPSA) is 15.3 Å². The highest BCUT2D eigenvalue weighted by Gasteiger charge is 2.09. The van der Waals surface area contributed by atoms with Gasteiger partial charge in [-0.25, -0.2) is 0 Å². The number of hydrogen-bond donors (Lipinski definition) is 1. The summed E-state index contributed by atoms with van der Waals surface area (Å²) >= 11 is 0.586. The Morgan fingerprint density at radius 3 is 2.50 bits per heavy atom. The van der Waals surface area contributed by atoms with E-state index < -0.39 is 5.76 Å². The van der Waals surface area contributed by atoms with Crippen LogP contribution in [0.4, 0.5) is 14.5 Å². The molecule has 1 N–H and O–H groups in total. The van der Waals surface area contributed by atoms with E-state index >= 15 is 0 Å². The van der Waals surface area contributed by atoms with E-state index in [0.29, 0.717) is 16.7 Å². The summed E-state index contributed by atoms with van der Waals surface area (Å²) in [5.74, 6) is -2.38. The molecule has 0 aliphatic rings. The summed E-state index contributed by atoms with van der Waals surface area (Å²) in [6.45, 7) is 7.93. The number of likely N-dealkylation sites (N-methyl/N-ethyl adjacent to an activating group) is 1. The summed E-state index contributed by atoms with van der Waals surface area (Å²) in [5, 5.41) is 3.22. The van der Waals surface area contributed by atoms with E-state index in [1.54, 1.807) is 12.1 Å². The SMILES string of the molecule is CCN(CC)CCNc1ccccc1SC(F)F. The molecule has 1 aromatic rings. The third-order valence-corrected chi connectivity index (χ3v) is 3.53. The van der Waals surface area contributed by atoms with Crippen molar-refractivity contribution in [3.05, 3.63) is 24.3 Å². The third kappa shape index (κ3) is 5.23. The number of hydrogen-bond acceptors (Lipinski definition) is 3. The largest absolute Gasteiger partial charge is 0.383 e. The Labute approximate surface area is 112 Å². The van der Waals surface area contributed by atoms with Crippen LogP contribution in [0.5, 0.6) is 0 Å². The smallest absolute Gasteiger partial charge is 0.288 e. The number of thioether (sulfide) groups is 1. The molecule has 0 spiro atoms. The molecule has 0 saturated carbocycles. The van der Waals surface area contributed by atoms with Crippen LogP contribution in [-0.2, 0) is 0 Å². The molecular formula is C13H20F2N2S. The van der Waals surface area contributed by atoms with Gasteiger partial charge in [0.25, 0.3) is 5.76 Å². The lowest BCUT2D eigenvalue weighted by molar-refractivity contribution is 0.252. The Morgan fingerprint density at radius 2 is 1.89 bits per heavy atom. The lowest BCUT2D eigenvalue weighted by Crippen LogP contribution is -2.28. The molecule has 0 aromatic heterocycles. The van der Waals surface area contributed by atoms with Crippen molar-refractivity contribution in [3.63, 3.8) is 0 Å². The van der Waals surface area contributed by atoms with Crippen molar-refractivity contribution in [1.29, 1.82) is 0 Å². The fourth-order valence-corrected chi connectivity index (χ4v) is 2.32. The van der Waals surface area contributed by atoms with Crippen LogP contribution in [-0.4, -0.2) is 36.8 Å². The van der Waals surface area contributed by atoms with E-state index in [-0.39, 0.29) is 0 Å². The molecule has 0 amide bonds. The van der Waals surface area contributed by atoms with E-state index in [9.17, 15) is 8.78 Å². The lowest BCUT2D eigenvalue weighted by Gasteiger charge is -2.19. The van der Waals surface area contributed by atoms with Crippen LogP contribution in [0.3, 0.4) is 0 Å². The summed E-state index contributed by atoms with van der Waals surface area (Å²) < 4.78 is 24.8. The number of anilines is 1. The molecule has 18 heavy (non-hydrogen) atoms. The van der Waals surface area contributed by atoms with Gasteiger partial charge in [-0.2, -0.15) is 8.78 Å². The summed E-state index contributed by atoms with van der Waals surface area (Å²) in [4.78, 5) is 2.89.